The number of hydrogen-bond donors (Lipinski definition) is 1. The van der Waals surface area contributed by atoms with Crippen molar-refractivity contribution in [1.29, 1.82) is 0 Å². The third-order valence-electron chi connectivity index (χ3n) is 2.31. The summed E-state index contributed by atoms with van der Waals surface area (Å²) in [4.78, 5) is 0. The zero-order chi connectivity index (χ0) is 7.40. The van der Waals surface area contributed by atoms with E-state index in [0.29, 0.717) is 6.10 Å². The fourth-order valence-corrected chi connectivity index (χ4v) is 1.59. The Morgan fingerprint density at radius 3 is 2.60 bits per heavy atom. The third kappa shape index (κ3) is 1.96. The Hall–Kier alpha value is -0.0800. The van der Waals surface area contributed by atoms with Gasteiger partial charge in [0, 0.05) is 13.2 Å². The summed E-state index contributed by atoms with van der Waals surface area (Å²) in [5.41, 5.74) is 5.86. The van der Waals surface area contributed by atoms with Crippen LogP contribution in [0, 0.1) is 0 Å². The van der Waals surface area contributed by atoms with Crippen molar-refractivity contribution in [2.24, 2.45) is 5.73 Å². The van der Waals surface area contributed by atoms with Gasteiger partial charge in [0.05, 0.1) is 6.10 Å². The van der Waals surface area contributed by atoms with Crippen molar-refractivity contribution in [2.45, 2.75) is 44.2 Å². The Morgan fingerprint density at radius 1 is 1.20 bits per heavy atom. The number of rotatable bonds is 1. The van der Waals surface area contributed by atoms with Gasteiger partial charge in [0.2, 0.25) is 0 Å². The fourth-order valence-electron chi connectivity index (χ4n) is 1.59. The fraction of sp³-hybridized carbons (Fsp3) is 1.00. The molecule has 2 atom stereocenters. The van der Waals surface area contributed by atoms with E-state index in [2.05, 4.69) is 0 Å². The molecule has 0 unspecified atom stereocenters. The lowest BCUT2D eigenvalue weighted by Crippen LogP contribution is -2.34. The normalized spacial score (nSPS) is 35.4. The van der Waals surface area contributed by atoms with Gasteiger partial charge >= 0.3 is 0 Å². The van der Waals surface area contributed by atoms with Crippen molar-refractivity contribution in [1.82, 2.24) is 0 Å². The van der Waals surface area contributed by atoms with E-state index in [9.17, 15) is 0 Å². The second kappa shape index (κ2) is 3.94. The Morgan fingerprint density at radius 2 is 1.90 bits per heavy atom. The first-order chi connectivity index (χ1) is 4.84. The van der Waals surface area contributed by atoms with Gasteiger partial charge in [-0.2, -0.15) is 0 Å². The number of methoxy groups -OCH3 is 1. The predicted octanol–water partition coefficient (Wildman–Crippen LogP) is 1.29. The summed E-state index contributed by atoms with van der Waals surface area (Å²) in [6.45, 7) is 0. The Kier molecular flexibility index (Phi) is 3.16. The third-order valence-corrected chi connectivity index (χ3v) is 2.31. The minimum Gasteiger partial charge on any atom is -0.380 e. The van der Waals surface area contributed by atoms with Gasteiger partial charge in [0.1, 0.15) is 0 Å². The molecule has 0 aromatic heterocycles. The molecule has 60 valence electrons. The van der Waals surface area contributed by atoms with Crippen LogP contribution in [-0.2, 0) is 4.74 Å². The van der Waals surface area contributed by atoms with Crippen LogP contribution in [0.4, 0.5) is 0 Å². The van der Waals surface area contributed by atoms with Crippen LogP contribution in [0.25, 0.3) is 0 Å². The van der Waals surface area contributed by atoms with E-state index >= 15 is 0 Å². The van der Waals surface area contributed by atoms with E-state index in [4.69, 9.17) is 10.5 Å². The van der Waals surface area contributed by atoms with Crippen LogP contribution < -0.4 is 5.73 Å². The van der Waals surface area contributed by atoms with Crippen molar-refractivity contribution in [3.63, 3.8) is 0 Å². The van der Waals surface area contributed by atoms with Crippen molar-refractivity contribution in [2.75, 3.05) is 7.11 Å². The van der Waals surface area contributed by atoms with Crippen LogP contribution >= 0.6 is 0 Å². The first-order valence-corrected chi connectivity index (χ1v) is 4.13. The minimum atomic E-state index is 0.285. The van der Waals surface area contributed by atoms with Crippen LogP contribution in [0.3, 0.4) is 0 Å². The van der Waals surface area contributed by atoms with E-state index in [1.807, 2.05) is 0 Å². The number of ether oxygens (including phenoxy) is 1. The molecule has 0 amide bonds. The van der Waals surface area contributed by atoms with Crippen molar-refractivity contribution < 1.29 is 4.74 Å². The largest absolute Gasteiger partial charge is 0.380 e. The average molecular weight is 143 g/mol. The first-order valence-electron chi connectivity index (χ1n) is 4.13. The standard InChI is InChI=1S/C8H17NO/c1-10-8-6-4-2-3-5-7(8)9/h7-8H,2-6,9H2,1H3/t7-,8+/m0/s1. The molecule has 0 aromatic rings. The highest BCUT2D eigenvalue weighted by molar-refractivity contribution is 4.76. The van der Waals surface area contributed by atoms with Crippen molar-refractivity contribution in [3.05, 3.63) is 0 Å². The van der Waals surface area contributed by atoms with Gasteiger partial charge in [0.25, 0.3) is 0 Å². The monoisotopic (exact) mass is 143 g/mol. The summed E-state index contributed by atoms with van der Waals surface area (Å²) in [5, 5.41) is 0. The second-order valence-corrected chi connectivity index (χ2v) is 3.08. The molecular formula is C8H17NO. The number of nitrogens with two attached hydrogens (primary N) is 1. The molecule has 0 radical (unpaired) electrons. The second-order valence-electron chi connectivity index (χ2n) is 3.08. The molecule has 2 heteroatoms. The van der Waals surface area contributed by atoms with Gasteiger partial charge in [-0.05, 0) is 12.8 Å². The highest BCUT2D eigenvalue weighted by atomic mass is 16.5. The van der Waals surface area contributed by atoms with Gasteiger partial charge in [-0.25, -0.2) is 0 Å². The molecule has 0 heterocycles. The van der Waals surface area contributed by atoms with E-state index in [1.165, 1.54) is 19.3 Å². The lowest BCUT2D eigenvalue weighted by molar-refractivity contribution is 0.0751. The van der Waals surface area contributed by atoms with Gasteiger partial charge in [-0.1, -0.05) is 19.3 Å². The summed E-state index contributed by atoms with van der Waals surface area (Å²) < 4.78 is 5.26. The van der Waals surface area contributed by atoms with Crippen molar-refractivity contribution >= 4 is 0 Å². The van der Waals surface area contributed by atoms with Gasteiger partial charge < -0.3 is 10.5 Å². The molecule has 2 N–H and O–H groups in total. The summed E-state index contributed by atoms with van der Waals surface area (Å²) in [6, 6.07) is 0.285. The Labute approximate surface area is 62.7 Å². The maximum Gasteiger partial charge on any atom is 0.0722 e. The summed E-state index contributed by atoms with van der Waals surface area (Å²) in [5.74, 6) is 0. The molecule has 10 heavy (non-hydrogen) atoms. The van der Waals surface area contributed by atoms with E-state index in [0.717, 1.165) is 12.8 Å². The Balaban J connectivity index is 2.35. The SMILES string of the molecule is CO[C@@H]1CCCCC[C@@H]1N. The number of hydrogen-bond acceptors (Lipinski definition) is 2. The van der Waals surface area contributed by atoms with Crippen LogP contribution in [-0.4, -0.2) is 19.3 Å². The van der Waals surface area contributed by atoms with Crippen molar-refractivity contribution in [3.8, 4) is 0 Å². The molecule has 2 nitrogen and oxygen atoms in total. The zero-order valence-electron chi connectivity index (χ0n) is 6.68. The van der Waals surface area contributed by atoms with Crippen LogP contribution in [0.2, 0.25) is 0 Å². The first kappa shape index (κ1) is 8.02. The quantitative estimate of drug-likeness (QED) is 0.561. The molecule has 0 saturated heterocycles. The lowest BCUT2D eigenvalue weighted by Gasteiger charge is -2.18. The molecule has 0 bridgehead atoms. The maximum atomic E-state index is 5.86. The minimum absolute atomic E-state index is 0.285. The molecule has 1 fully saturated rings. The van der Waals surface area contributed by atoms with Gasteiger partial charge in [-0.15, -0.1) is 0 Å². The summed E-state index contributed by atoms with van der Waals surface area (Å²) in [7, 11) is 1.76. The molecule has 1 rings (SSSR count). The van der Waals surface area contributed by atoms with E-state index < -0.39 is 0 Å². The molecule has 1 aliphatic rings. The maximum absolute atomic E-state index is 5.86. The van der Waals surface area contributed by atoms with Crippen LogP contribution in [0.1, 0.15) is 32.1 Å². The molecular weight excluding hydrogens is 126 g/mol. The molecule has 1 aliphatic carbocycles. The topological polar surface area (TPSA) is 35.2 Å². The molecule has 0 aliphatic heterocycles. The predicted molar refractivity (Wildman–Crippen MR) is 41.9 cm³/mol. The Bertz CT molecular complexity index is 95.3. The smallest absolute Gasteiger partial charge is 0.0722 e. The highest BCUT2D eigenvalue weighted by Gasteiger charge is 2.18. The highest BCUT2D eigenvalue weighted by Crippen LogP contribution is 2.18. The van der Waals surface area contributed by atoms with E-state index in [1.54, 1.807) is 7.11 Å². The van der Waals surface area contributed by atoms with Crippen LogP contribution in [0.15, 0.2) is 0 Å². The van der Waals surface area contributed by atoms with Crippen LogP contribution in [0.5, 0.6) is 0 Å². The molecule has 0 aromatic carbocycles. The molecule has 0 spiro atoms. The zero-order valence-corrected chi connectivity index (χ0v) is 6.68. The lowest BCUT2D eigenvalue weighted by atomic mass is 10.1. The molecule has 1 saturated carbocycles. The average Bonchev–Trinajstić information content (AvgIpc) is 2.13. The van der Waals surface area contributed by atoms with E-state index in [-0.39, 0.29) is 6.04 Å². The van der Waals surface area contributed by atoms with Gasteiger partial charge in [0.15, 0.2) is 0 Å². The van der Waals surface area contributed by atoms with Gasteiger partial charge in [-0.3, -0.25) is 0 Å². The summed E-state index contributed by atoms with van der Waals surface area (Å²) in [6.07, 6.45) is 6.50. The summed E-state index contributed by atoms with van der Waals surface area (Å²) >= 11 is 0.